The Morgan fingerprint density at radius 1 is 1.50 bits per heavy atom. The van der Waals surface area contributed by atoms with Gasteiger partial charge >= 0.3 is 5.97 Å². The highest BCUT2D eigenvalue weighted by Gasteiger charge is 2.10. The number of carbonyl (C=O) groups is 2. The van der Waals surface area contributed by atoms with Crippen molar-refractivity contribution in [3.05, 3.63) is 0 Å². The third-order valence-electron chi connectivity index (χ3n) is 1.35. The van der Waals surface area contributed by atoms with E-state index in [1.54, 1.807) is 6.92 Å². The van der Waals surface area contributed by atoms with Gasteiger partial charge in [-0.05, 0) is 13.3 Å². The quantitative estimate of drug-likeness (QED) is 0.642. The van der Waals surface area contributed by atoms with Crippen LogP contribution in [0, 0.1) is 5.92 Å². The van der Waals surface area contributed by atoms with E-state index in [2.05, 4.69) is 0 Å². The number of ketones is 1. The van der Waals surface area contributed by atoms with Crippen LogP contribution in [0.3, 0.4) is 0 Å². The number of aliphatic carboxylic acids is 1. The lowest BCUT2D eigenvalue weighted by atomic mass is 10.0. The van der Waals surface area contributed by atoms with Gasteiger partial charge in [0.2, 0.25) is 0 Å². The van der Waals surface area contributed by atoms with Gasteiger partial charge in [0.15, 0.2) is 0 Å². The predicted molar refractivity (Wildman–Crippen MR) is 36.7 cm³/mol. The second-order valence-electron chi connectivity index (χ2n) is 2.48. The van der Waals surface area contributed by atoms with Crippen molar-refractivity contribution in [1.29, 1.82) is 0 Å². The zero-order chi connectivity index (χ0) is 8.15. The van der Waals surface area contributed by atoms with Gasteiger partial charge in [-0.3, -0.25) is 4.79 Å². The Morgan fingerprint density at radius 2 is 2.00 bits per heavy atom. The molecule has 0 rings (SSSR count). The molecule has 1 unspecified atom stereocenters. The molecular formula is C7H12O3. The van der Waals surface area contributed by atoms with Gasteiger partial charge in [0.1, 0.15) is 5.78 Å². The van der Waals surface area contributed by atoms with Gasteiger partial charge in [0, 0.05) is 6.42 Å². The maximum atomic E-state index is 10.4. The molecule has 0 radical (unpaired) electrons. The molecule has 1 atom stereocenters. The number of rotatable bonds is 4. The Kier molecular flexibility index (Phi) is 3.69. The van der Waals surface area contributed by atoms with Gasteiger partial charge in [-0.15, -0.1) is 0 Å². The van der Waals surface area contributed by atoms with E-state index in [9.17, 15) is 9.59 Å². The second-order valence-corrected chi connectivity index (χ2v) is 2.48. The Morgan fingerprint density at radius 3 is 2.30 bits per heavy atom. The average Bonchev–Trinajstić information content (AvgIpc) is 1.82. The normalized spacial score (nSPS) is 12.6. The molecule has 0 amide bonds. The van der Waals surface area contributed by atoms with Gasteiger partial charge in [-0.2, -0.15) is 0 Å². The molecule has 0 aromatic rings. The first kappa shape index (κ1) is 9.14. The topological polar surface area (TPSA) is 54.4 Å². The minimum Gasteiger partial charge on any atom is -0.481 e. The van der Waals surface area contributed by atoms with Crippen molar-refractivity contribution < 1.29 is 14.7 Å². The maximum Gasteiger partial charge on any atom is 0.306 e. The van der Waals surface area contributed by atoms with Crippen LogP contribution in [0.1, 0.15) is 26.7 Å². The van der Waals surface area contributed by atoms with E-state index in [0.29, 0.717) is 12.8 Å². The van der Waals surface area contributed by atoms with Crippen LogP contribution in [0.15, 0.2) is 0 Å². The van der Waals surface area contributed by atoms with Gasteiger partial charge < -0.3 is 9.90 Å². The molecule has 0 spiro atoms. The van der Waals surface area contributed by atoms with Crippen LogP contribution in [0.5, 0.6) is 0 Å². The van der Waals surface area contributed by atoms with E-state index in [1.807, 2.05) is 0 Å². The molecule has 0 heterocycles. The maximum absolute atomic E-state index is 10.4. The van der Waals surface area contributed by atoms with Crippen LogP contribution < -0.4 is 0 Å². The number of carboxylic acids is 1. The summed E-state index contributed by atoms with van der Waals surface area (Å²) >= 11 is 0. The minimum atomic E-state index is -0.832. The Labute approximate surface area is 60.0 Å². The molecule has 0 aromatic heterocycles. The first-order valence-corrected chi connectivity index (χ1v) is 3.26. The van der Waals surface area contributed by atoms with Crippen LogP contribution in [0.25, 0.3) is 0 Å². The van der Waals surface area contributed by atoms with Gasteiger partial charge in [0.05, 0.1) is 5.92 Å². The average molecular weight is 144 g/mol. The van der Waals surface area contributed by atoms with Crippen molar-refractivity contribution in [2.75, 3.05) is 0 Å². The zero-order valence-electron chi connectivity index (χ0n) is 6.26. The summed E-state index contributed by atoms with van der Waals surface area (Å²) in [7, 11) is 0. The fourth-order valence-electron chi connectivity index (χ4n) is 0.543. The molecule has 0 aliphatic heterocycles. The van der Waals surface area contributed by atoms with Crippen LogP contribution in [-0.4, -0.2) is 16.9 Å². The molecule has 0 aliphatic rings. The lowest BCUT2D eigenvalue weighted by Crippen LogP contribution is -2.10. The van der Waals surface area contributed by atoms with E-state index in [0.717, 1.165) is 0 Å². The summed E-state index contributed by atoms with van der Waals surface area (Å²) in [6.07, 6.45) is 0.818. The Hall–Kier alpha value is -0.860. The number of Topliss-reactive ketones (excluding diaryl/α,β-unsaturated/α-hetero) is 1. The Bertz CT molecular complexity index is 140. The van der Waals surface area contributed by atoms with E-state index in [-0.39, 0.29) is 5.78 Å². The first-order chi connectivity index (χ1) is 4.54. The highest BCUT2D eigenvalue weighted by atomic mass is 16.4. The zero-order valence-corrected chi connectivity index (χ0v) is 6.26. The summed E-state index contributed by atoms with van der Waals surface area (Å²) in [5.41, 5.74) is 0. The molecule has 58 valence electrons. The number of hydrogen-bond donors (Lipinski definition) is 1. The minimum absolute atomic E-state index is 0.0492. The van der Waals surface area contributed by atoms with Crippen molar-refractivity contribution in [2.45, 2.75) is 26.7 Å². The fraction of sp³-hybridized carbons (Fsp3) is 0.714. The lowest BCUT2D eigenvalue weighted by molar-refractivity contribution is -0.141. The van der Waals surface area contributed by atoms with E-state index < -0.39 is 11.9 Å². The van der Waals surface area contributed by atoms with E-state index in [4.69, 9.17) is 5.11 Å². The van der Waals surface area contributed by atoms with Crippen LogP contribution in [0.4, 0.5) is 0 Å². The largest absolute Gasteiger partial charge is 0.481 e. The summed E-state index contributed by atoms with van der Waals surface area (Å²) in [6, 6.07) is 0. The molecule has 0 aromatic carbocycles. The highest BCUT2D eigenvalue weighted by molar-refractivity contribution is 5.76. The van der Waals surface area contributed by atoms with Crippen LogP contribution in [0.2, 0.25) is 0 Å². The van der Waals surface area contributed by atoms with Gasteiger partial charge in [-0.25, -0.2) is 0 Å². The SMILES string of the molecule is CC(=O)CCC(C)C(=O)O. The summed E-state index contributed by atoms with van der Waals surface area (Å²) in [6.45, 7) is 3.07. The predicted octanol–water partition coefficient (Wildman–Crippen LogP) is 1.08. The molecule has 0 fully saturated rings. The molecule has 10 heavy (non-hydrogen) atoms. The van der Waals surface area contributed by atoms with Crippen molar-refractivity contribution in [3.8, 4) is 0 Å². The summed E-state index contributed by atoms with van der Waals surface area (Å²) < 4.78 is 0. The Balaban J connectivity index is 3.49. The molecule has 0 saturated heterocycles. The monoisotopic (exact) mass is 144 g/mol. The number of carboxylic acid groups (broad SMARTS) is 1. The molecule has 0 bridgehead atoms. The number of carbonyl (C=O) groups excluding carboxylic acids is 1. The fourth-order valence-corrected chi connectivity index (χ4v) is 0.543. The van der Waals surface area contributed by atoms with E-state index in [1.165, 1.54) is 6.92 Å². The van der Waals surface area contributed by atoms with Crippen LogP contribution in [-0.2, 0) is 9.59 Å². The third kappa shape index (κ3) is 4.06. The van der Waals surface area contributed by atoms with Gasteiger partial charge in [0.25, 0.3) is 0 Å². The highest BCUT2D eigenvalue weighted by Crippen LogP contribution is 2.04. The van der Waals surface area contributed by atoms with Crippen LogP contribution >= 0.6 is 0 Å². The second kappa shape index (κ2) is 4.04. The smallest absolute Gasteiger partial charge is 0.306 e. The van der Waals surface area contributed by atoms with E-state index >= 15 is 0 Å². The summed E-state index contributed by atoms with van der Waals surface area (Å²) in [4.78, 5) is 20.6. The molecule has 3 heteroatoms. The summed E-state index contributed by atoms with van der Waals surface area (Å²) in [5, 5.41) is 8.38. The van der Waals surface area contributed by atoms with Gasteiger partial charge in [-0.1, -0.05) is 6.92 Å². The first-order valence-electron chi connectivity index (χ1n) is 3.26. The molecule has 3 nitrogen and oxygen atoms in total. The van der Waals surface area contributed by atoms with Crippen molar-refractivity contribution in [1.82, 2.24) is 0 Å². The molecule has 0 saturated carbocycles. The summed E-state index contributed by atoms with van der Waals surface area (Å²) in [5.74, 6) is -1.18. The molecule has 1 N–H and O–H groups in total. The third-order valence-corrected chi connectivity index (χ3v) is 1.35. The van der Waals surface area contributed by atoms with Crippen molar-refractivity contribution in [2.24, 2.45) is 5.92 Å². The lowest BCUT2D eigenvalue weighted by Gasteiger charge is -2.01. The standard InChI is InChI=1S/C7H12O3/c1-5(7(9)10)3-4-6(2)8/h5H,3-4H2,1-2H3,(H,9,10). The number of hydrogen-bond acceptors (Lipinski definition) is 2. The van der Waals surface area contributed by atoms with Crippen molar-refractivity contribution >= 4 is 11.8 Å². The molecule has 0 aliphatic carbocycles. The molecular weight excluding hydrogens is 132 g/mol. The van der Waals surface area contributed by atoms with Crippen molar-refractivity contribution in [3.63, 3.8) is 0 Å².